The molecule has 3 aliphatic carbocycles. The maximum Gasteiger partial charge on any atom is -1.00 e. The zero-order valence-electron chi connectivity index (χ0n) is 31.3. The molecular formula is C47H46Cl2F2Zr-2. The molecule has 0 fully saturated rings. The zero-order valence-corrected chi connectivity index (χ0v) is 35.3. The average molecular weight is 811 g/mol. The summed E-state index contributed by atoms with van der Waals surface area (Å²) in [6, 6.07) is 29.1. The fraction of sp³-hybridized carbons (Fsp3) is 0.277. The third kappa shape index (κ3) is 8.81. The molecular weight excluding hydrogens is 765 g/mol. The first kappa shape index (κ1) is 41.7. The van der Waals surface area contributed by atoms with Crippen LogP contribution in [-0.2, 0) is 53.3 Å². The van der Waals surface area contributed by atoms with Crippen molar-refractivity contribution in [3.8, 4) is 11.1 Å². The predicted molar refractivity (Wildman–Crippen MR) is 204 cm³/mol. The summed E-state index contributed by atoms with van der Waals surface area (Å²) in [4.78, 5) is 0. The van der Waals surface area contributed by atoms with E-state index in [0.717, 1.165) is 51.4 Å². The molecule has 0 radical (unpaired) electrons. The molecule has 0 atom stereocenters. The van der Waals surface area contributed by atoms with Gasteiger partial charge in [0, 0.05) is 5.41 Å². The second kappa shape index (κ2) is 16.1. The number of rotatable bonds is 3. The van der Waals surface area contributed by atoms with Gasteiger partial charge in [-0.05, 0) is 45.9 Å². The van der Waals surface area contributed by atoms with Crippen molar-refractivity contribution in [2.45, 2.75) is 84.5 Å². The average Bonchev–Trinajstić information content (AvgIpc) is 3.83. The first-order chi connectivity index (χ1) is 23.6. The minimum absolute atomic E-state index is 0. The molecule has 52 heavy (non-hydrogen) atoms. The van der Waals surface area contributed by atoms with Crippen molar-refractivity contribution >= 4 is 15.4 Å². The first-order valence-corrected chi connectivity index (χ1v) is 18.8. The molecule has 268 valence electrons. The SMILES string of the molecule is CC1(C)[C-]=Cc2cc3c(cc21)Cc1cc2c(cc1-3)C=CC2(C)C.CCc1cc(C(C)(C)C)c[cH-]1.Fc1cccc([C](=[Zr+2])c2cccc(F)c2)c1.[Cl-].[Cl-]. The fourth-order valence-corrected chi connectivity index (χ4v) is 7.80. The number of fused-ring (bicyclic) bond motifs is 5. The number of hydrogen-bond acceptors (Lipinski definition) is 0. The van der Waals surface area contributed by atoms with Gasteiger partial charge in [0.25, 0.3) is 0 Å². The molecule has 5 aromatic carbocycles. The van der Waals surface area contributed by atoms with Crippen LogP contribution in [0, 0.1) is 17.7 Å². The number of allylic oxidation sites excluding steroid dienone is 2. The summed E-state index contributed by atoms with van der Waals surface area (Å²) in [5, 5.41) is 0. The van der Waals surface area contributed by atoms with Crippen LogP contribution in [0.5, 0.6) is 0 Å². The van der Waals surface area contributed by atoms with E-state index in [1.165, 1.54) is 79.9 Å². The number of benzene rings is 4. The quantitative estimate of drug-likeness (QED) is 0.192. The minimum Gasteiger partial charge on any atom is -1.00 e. The van der Waals surface area contributed by atoms with Crippen molar-refractivity contribution < 1.29 is 57.8 Å². The molecule has 0 spiro atoms. The first-order valence-electron chi connectivity index (χ1n) is 17.6. The fourth-order valence-electron chi connectivity index (χ4n) is 7.04. The number of aryl methyl sites for hydroxylation is 1. The van der Waals surface area contributed by atoms with Crippen molar-refractivity contribution in [3.05, 3.63) is 170 Å². The molecule has 0 nitrogen and oxygen atoms in total. The van der Waals surface area contributed by atoms with Gasteiger partial charge in [-0.1, -0.05) is 96.9 Å². The second-order valence-corrected chi connectivity index (χ2v) is 17.1. The van der Waals surface area contributed by atoms with Crippen LogP contribution in [-0.4, -0.2) is 3.21 Å². The Kier molecular flexibility index (Phi) is 12.9. The number of halogens is 4. The van der Waals surface area contributed by atoms with Crippen LogP contribution >= 0.6 is 0 Å². The van der Waals surface area contributed by atoms with Crippen LogP contribution in [0.4, 0.5) is 8.78 Å². The third-order valence-corrected chi connectivity index (χ3v) is 11.6. The Labute approximate surface area is 337 Å². The normalized spacial score (nSPS) is 14.7. The van der Waals surface area contributed by atoms with E-state index in [9.17, 15) is 8.78 Å². The Bertz CT molecular complexity index is 2030. The van der Waals surface area contributed by atoms with E-state index in [1.54, 1.807) is 12.1 Å². The monoisotopic (exact) mass is 808 g/mol. The van der Waals surface area contributed by atoms with E-state index in [0.29, 0.717) is 5.41 Å². The van der Waals surface area contributed by atoms with Crippen molar-refractivity contribution in [1.29, 1.82) is 0 Å². The van der Waals surface area contributed by atoms with Gasteiger partial charge in [-0.15, -0.1) is 11.6 Å². The Morgan fingerprint density at radius 1 is 0.788 bits per heavy atom. The van der Waals surface area contributed by atoms with Crippen LogP contribution in [0.1, 0.15) is 111 Å². The molecule has 3 aliphatic rings. The smallest absolute Gasteiger partial charge is 1.00 e. The van der Waals surface area contributed by atoms with E-state index in [4.69, 9.17) is 0 Å². The van der Waals surface area contributed by atoms with E-state index >= 15 is 0 Å². The standard InChI is InChI=1S/C23H21.C13H8F2.C11H17.2ClH.Zr/c1-22(2)7-5-14-10-18-16(12-20(14)22)9-17-13-21-15(11-19(17)18)6-8-23(21,3)4;14-12-5-1-3-10(8-12)7-11-4-2-6-13(15)9-11;1-5-9-6-7-10(8-9)11(2,3)4;;;/h5-7,10-13H,9H2,1-4H3;1-6,8-9H;6-8H,5H2,1-4H3;2*1H;/q-1;;-1;;;+2/p-2. The molecule has 0 heterocycles. The van der Waals surface area contributed by atoms with E-state index in [1.807, 2.05) is 12.1 Å². The van der Waals surface area contributed by atoms with Gasteiger partial charge in [0.1, 0.15) is 0 Å². The largest absolute Gasteiger partial charge is 1.00 e. The van der Waals surface area contributed by atoms with E-state index < -0.39 is 0 Å². The van der Waals surface area contributed by atoms with Gasteiger partial charge in [-0.25, -0.2) is 12.1 Å². The van der Waals surface area contributed by atoms with Gasteiger partial charge >= 0.3 is 108 Å². The molecule has 0 aromatic heterocycles. The predicted octanol–water partition coefficient (Wildman–Crippen LogP) is 6.02. The summed E-state index contributed by atoms with van der Waals surface area (Å²) >= 11 is 1.13. The van der Waals surface area contributed by atoms with Crippen molar-refractivity contribution in [2.75, 3.05) is 0 Å². The molecule has 0 bridgehead atoms. The van der Waals surface area contributed by atoms with Crippen molar-refractivity contribution in [1.82, 2.24) is 0 Å². The molecule has 8 rings (SSSR count). The third-order valence-electron chi connectivity index (χ3n) is 10.2. The summed E-state index contributed by atoms with van der Waals surface area (Å²) in [5.41, 5.74) is 16.5. The molecule has 0 amide bonds. The van der Waals surface area contributed by atoms with Gasteiger partial charge in [0.05, 0.1) is 0 Å². The molecule has 0 aliphatic heterocycles. The van der Waals surface area contributed by atoms with Gasteiger partial charge in [-0.3, -0.25) is 6.08 Å². The van der Waals surface area contributed by atoms with Gasteiger partial charge < -0.3 is 24.8 Å². The summed E-state index contributed by atoms with van der Waals surface area (Å²) in [5.74, 6) is -0.539. The van der Waals surface area contributed by atoms with Crippen LogP contribution in [0.15, 0.2) is 97.1 Å². The van der Waals surface area contributed by atoms with Gasteiger partial charge in [0.15, 0.2) is 0 Å². The zero-order chi connectivity index (χ0) is 36.0. The molecule has 0 saturated heterocycles. The Balaban J connectivity index is 0.000000184. The van der Waals surface area contributed by atoms with Crippen LogP contribution in [0.2, 0.25) is 0 Å². The molecule has 0 saturated carbocycles. The van der Waals surface area contributed by atoms with Gasteiger partial charge in [0.2, 0.25) is 0 Å². The van der Waals surface area contributed by atoms with Crippen molar-refractivity contribution in [3.63, 3.8) is 0 Å². The van der Waals surface area contributed by atoms with E-state index in [-0.39, 0.29) is 47.3 Å². The molecule has 5 heteroatoms. The maximum atomic E-state index is 13.0. The maximum absolute atomic E-state index is 13.0. The summed E-state index contributed by atoms with van der Waals surface area (Å²) in [6.07, 6.45) is 12.5. The van der Waals surface area contributed by atoms with Crippen LogP contribution in [0.25, 0.3) is 23.3 Å². The van der Waals surface area contributed by atoms with Crippen LogP contribution in [0.3, 0.4) is 0 Å². The van der Waals surface area contributed by atoms with E-state index in [2.05, 4.69) is 122 Å². The van der Waals surface area contributed by atoms with Gasteiger partial charge in [-0.2, -0.15) is 28.8 Å². The topological polar surface area (TPSA) is 0 Å². The molecule has 0 unspecified atom stereocenters. The summed E-state index contributed by atoms with van der Waals surface area (Å²) in [6.45, 7) is 18.1. The Morgan fingerprint density at radius 2 is 1.35 bits per heavy atom. The Morgan fingerprint density at radius 3 is 1.85 bits per heavy atom. The number of hydrogen-bond donors (Lipinski definition) is 0. The Hall–Kier alpha value is -3.10. The second-order valence-electron chi connectivity index (χ2n) is 15.8. The molecule has 0 N–H and O–H groups in total. The minimum atomic E-state index is -0.270. The van der Waals surface area contributed by atoms with Crippen molar-refractivity contribution in [2.24, 2.45) is 0 Å². The molecule has 5 aromatic rings. The van der Waals surface area contributed by atoms with Crippen LogP contribution < -0.4 is 24.8 Å². The summed E-state index contributed by atoms with van der Waals surface area (Å²) in [7, 11) is 0. The summed E-state index contributed by atoms with van der Waals surface area (Å²) < 4.78 is 27.0.